The molecule has 2 N–H and O–H groups in total. The predicted octanol–water partition coefficient (Wildman–Crippen LogP) is 1.87. The molecular formula is C12H23IN2O2. The van der Waals surface area contributed by atoms with E-state index in [0.717, 1.165) is 0 Å². The molecule has 100 valence electrons. The first-order valence-corrected chi connectivity index (χ1v) is 6.84. The van der Waals surface area contributed by atoms with Crippen LogP contribution in [0.15, 0.2) is 0 Å². The molecule has 0 rings (SSSR count). The smallest absolute Gasteiger partial charge is 0.225 e. The molecule has 0 aromatic carbocycles. The Bertz CT molecular complexity index is 277. The molecule has 17 heavy (non-hydrogen) atoms. The zero-order chi connectivity index (χ0) is 13.7. The van der Waals surface area contributed by atoms with E-state index in [0.29, 0.717) is 19.5 Å². The largest absolute Gasteiger partial charge is 0.354 e. The Morgan fingerprint density at radius 2 is 1.47 bits per heavy atom. The number of carbonyl (C=O) groups is 2. The van der Waals surface area contributed by atoms with Crippen LogP contribution in [0.1, 0.15) is 41.0 Å². The normalized spacial score (nSPS) is 12.1. The summed E-state index contributed by atoms with van der Waals surface area (Å²) in [5.41, 5.74) is -0.381. The van der Waals surface area contributed by atoms with E-state index in [4.69, 9.17) is 0 Å². The van der Waals surface area contributed by atoms with Gasteiger partial charge in [0.2, 0.25) is 11.8 Å². The van der Waals surface area contributed by atoms with E-state index < -0.39 is 0 Å². The van der Waals surface area contributed by atoms with Crippen LogP contribution in [0.3, 0.4) is 0 Å². The van der Waals surface area contributed by atoms with Gasteiger partial charge in [-0.05, 0) is 0 Å². The van der Waals surface area contributed by atoms with E-state index in [1.807, 2.05) is 34.6 Å². The Morgan fingerprint density at radius 1 is 1.00 bits per heavy atom. The Hall–Kier alpha value is -0.330. The van der Waals surface area contributed by atoms with E-state index in [-0.39, 0.29) is 20.7 Å². The van der Waals surface area contributed by atoms with Crippen LogP contribution in [0, 0.1) is 5.41 Å². The van der Waals surface area contributed by atoms with Gasteiger partial charge in [-0.25, -0.2) is 0 Å². The molecule has 0 aromatic rings. The average Bonchev–Trinajstić information content (AvgIpc) is 2.07. The molecule has 0 atom stereocenters. The minimum absolute atomic E-state index is 0.000898. The monoisotopic (exact) mass is 354 g/mol. The predicted molar refractivity (Wildman–Crippen MR) is 78.2 cm³/mol. The fraction of sp³-hybridized carbons (Fsp3) is 0.833. The molecule has 0 radical (unpaired) electrons. The molecule has 0 saturated heterocycles. The molecule has 2 amide bonds. The highest BCUT2D eigenvalue weighted by Gasteiger charge is 2.20. The summed E-state index contributed by atoms with van der Waals surface area (Å²) in [6.45, 7) is 10.6. The van der Waals surface area contributed by atoms with E-state index in [1.54, 1.807) is 0 Å². The molecule has 0 aliphatic heterocycles. The Kier molecular flexibility index (Phi) is 6.43. The van der Waals surface area contributed by atoms with Crippen LogP contribution in [-0.4, -0.2) is 28.3 Å². The maximum Gasteiger partial charge on any atom is 0.225 e. The SMILES string of the molecule is CC(C)(I)CC(=O)NCCNC(=O)C(C)(C)C. The molecule has 0 spiro atoms. The van der Waals surface area contributed by atoms with Crippen molar-refractivity contribution in [1.29, 1.82) is 0 Å². The van der Waals surface area contributed by atoms with Gasteiger partial charge >= 0.3 is 0 Å². The minimum atomic E-state index is -0.381. The number of halogens is 1. The van der Waals surface area contributed by atoms with Gasteiger partial charge in [0.1, 0.15) is 0 Å². The van der Waals surface area contributed by atoms with Crippen LogP contribution in [0.5, 0.6) is 0 Å². The Morgan fingerprint density at radius 3 is 1.88 bits per heavy atom. The van der Waals surface area contributed by atoms with E-state index in [9.17, 15) is 9.59 Å². The van der Waals surface area contributed by atoms with Gasteiger partial charge in [-0.3, -0.25) is 9.59 Å². The standard InChI is InChI=1S/C12H23IN2O2/c1-11(2,3)10(17)15-7-6-14-9(16)8-12(4,5)13/h6-8H2,1-5H3,(H,14,16)(H,15,17). The first kappa shape index (κ1) is 16.7. The second-order valence-electron chi connectivity index (χ2n) is 5.75. The second-order valence-corrected chi connectivity index (χ2v) is 8.67. The van der Waals surface area contributed by atoms with Crippen molar-refractivity contribution in [2.24, 2.45) is 5.41 Å². The molecule has 0 bridgehead atoms. The van der Waals surface area contributed by atoms with Gasteiger partial charge in [-0.15, -0.1) is 0 Å². The highest BCUT2D eigenvalue weighted by molar-refractivity contribution is 14.1. The molecule has 0 aliphatic rings. The number of alkyl halides is 1. The molecule has 0 aliphatic carbocycles. The number of rotatable bonds is 5. The summed E-state index contributed by atoms with van der Waals surface area (Å²) < 4.78 is -0.0312. The molecule has 0 fully saturated rings. The lowest BCUT2D eigenvalue weighted by Gasteiger charge is -2.18. The van der Waals surface area contributed by atoms with E-state index >= 15 is 0 Å². The average molecular weight is 354 g/mol. The lowest BCUT2D eigenvalue weighted by atomic mass is 9.96. The van der Waals surface area contributed by atoms with Crippen LogP contribution in [0.4, 0.5) is 0 Å². The van der Waals surface area contributed by atoms with Crippen molar-refractivity contribution in [2.75, 3.05) is 13.1 Å². The third-order valence-electron chi connectivity index (χ3n) is 1.99. The summed E-state index contributed by atoms with van der Waals surface area (Å²) in [5, 5.41) is 5.57. The lowest BCUT2D eigenvalue weighted by molar-refractivity contribution is -0.128. The van der Waals surface area contributed by atoms with Crippen LogP contribution in [0.2, 0.25) is 0 Å². The molecule has 4 nitrogen and oxygen atoms in total. The van der Waals surface area contributed by atoms with Crippen LogP contribution in [0.25, 0.3) is 0 Å². The van der Waals surface area contributed by atoms with Gasteiger partial charge in [0.15, 0.2) is 0 Å². The summed E-state index contributed by atoms with van der Waals surface area (Å²) >= 11 is 2.24. The molecule has 0 heterocycles. The van der Waals surface area contributed by atoms with Crippen molar-refractivity contribution in [3.05, 3.63) is 0 Å². The number of amides is 2. The zero-order valence-electron chi connectivity index (χ0n) is 11.3. The van der Waals surface area contributed by atoms with Crippen molar-refractivity contribution >= 4 is 34.4 Å². The fourth-order valence-electron chi connectivity index (χ4n) is 1.09. The summed E-state index contributed by atoms with van der Waals surface area (Å²) in [4.78, 5) is 23.0. The molecule has 0 unspecified atom stereocenters. The summed E-state index contributed by atoms with van der Waals surface area (Å²) in [7, 11) is 0. The van der Waals surface area contributed by atoms with Crippen molar-refractivity contribution < 1.29 is 9.59 Å². The van der Waals surface area contributed by atoms with Crippen molar-refractivity contribution in [3.63, 3.8) is 0 Å². The maximum atomic E-state index is 11.5. The first-order valence-electron chi connectivity index (χ1n) is 5.76. The third kappa shape index (κ3) is 9.38. The number of hydrogen-bond acceptors (Lipinski definition) is 2. The van der Waals surface area contributed by atoms with E-state index in [1.165, 1.54) is 0 Å². The summed E-state index contributed by atoms with van der Waals surface area (Å²) in [6.07, 6.45) is 0.487. The summed E-state index contributed by atoms with van der Waals surface area (Å²) in [6, 6.07) is 0. The van der Waals surface area contributed by atoms with Crippen molar-refractivity contribution in [1.82, 2.24) is 10.6 Å². The van der Waals surface area contributed by atoms with Crippen molar-refractivity contribution in [3.8, 4) is 0 Å². The number of hydrogen-bond donors (Lipinski definition) is 2. The Balaban J connectivity index is 3.73. The van der Waals surface area contributed by atoms with Crippen LogP contribution < -0.4 is 10.6 Å². The molecule has 5 heteroatoms. The van der Waals surface area contributed by atoms with Gasteiger partial charge in [0.05, 0.1) is 0 Å². The van der Waals surface area contributed by atoms with Crippen LogP contribution in [-0.2, 0) is 9.59 Å². The zero-order valence-corrected chi connectivity index (χ0v) is 13.5. The molecule has 0 saturated carbocycles. The van der Waals surface area contributed by atoms with Gasteiger partial charge in [0, 0.05) is 28.3 Å². The van der Waals surface area contributed by atoms with E-state index in [2.05, 4.69) is 33.2 Å². The first-order chi connectivity index (χ1) is 7.52. The third-order valence-corrected chi connectivity index (χ3v) is 2.38. The highest BCUT2D eigenvalue weighted by atomic mass is 127. The number of nitrogens with one attached hydrogen (secondary N) is 2. The highest BCUT2D eigenvalue weighted by Crippen LogP contribution is 2.20. The second kappa shape index (κ2) is 6.56. The maximum absolute atomic E-state index is 11.5. The van der Waals surface area contributed by atoms with Gasteiger partial charge in [-0.2, -0.15) is 0 Å². The van der Waals surface area contributed by atoms with Gasteiger partial charge < -0.3 is 10.6 Å². The van der Waals surface area contributed by atoms with Crippen LogP contribution >= 0.6 is 22.6 Å². The molecular weight excluding hydrogens is 331 g/mol. The van der Waals surface area contributed by atoms with Gasteiger partial charge in [-0.1, -0.05) is 57.2 Å². The minimum Gasteiger partial charge on any atom is -0.354 e. The van der Waals surface area contributed by atoms with Crippen molar-refractivity contribution in [2.45, 2.75) is 44.5 Å². The number of carbonyl (C=O) groups excluding carboxylic acids is 2. The van der Waals surface area contributed by atoms with Gasteiger partial charge in [0.25, 0.3) is 0 Å². The summed E-state index contributed by atoms with van der Waals surface area (Å²) in [5.74, 6) is 0.0235. The quantitative estimate of drug-likeness (QED) is 0.450. The lowest BCUT2D eigenvalue weighted by Crippen LogP contribution is -2.40. The molecule has 0 aromatic heterocycles. The topological polar surface area (TPSA) is 58.2 Å². The fourth-order valence-corrected chi connectivity index (χ4v) is 1.43. The Labute approximate surface area is 117 Å².